The summed E-state index contributed by atoms with van der Waals surface area (Å²) in [5.41, 5.74) is 3.32. The van der Waals surface area contributed by atoms with Crippen LogP contribution in [0.15, 0.2) is 181 Å². The number of nitrogen functional groups attached to an aromatic ring is 2. The van der Waals surface area contributed by atoms with Crippen molar-refractivity contribution >= 4 is 118 Å². The van der Waals surface area contributed by atoms with E-state index in [9.17, 15) is 59.9 Å². The number of para-hydroxylation sites is 4. The van der Waals surface area contributed by atoms with E-state index in [0.29, 0.717) is 0 Å². The number of amides is 2. The lowest BCUT2D eigenvalue weighted by Gasteiger charge is -2.20. The molecular weight excluding hydrogens is 1540 g/mol. The van der Waals surface area contributed by atoms with Gasteiger partial charge in [0.25, 0.3) is 0 Å². The van der Waals surface area contributed by atoms with E-state index in [0.717, 1.165) is 19.4 Å². The lowest BCUT2D eigenvalue weighted by molar-refractivity contribution is -0.156. The Kier molecular flexibility index (Phi) is 34.1. The number of carboxylic acid groups (broad SMARTS) is 3. The highest BCUT2D eigenvalue weighted by molar-refractivity contribution is 9.08. The fourth-order valence-electron chi connectivity index (χ4n) is 4.95. The van der Waals surface area contributed by atoms with Crippen molar-refractivity contribution in [3.8, 4) is 0 Å². The number of aliphatic hydroxyl groups excluding tert-OH is 1. The first-order chi connectivity index (χ1) is 61.6. The van der Waals surface area contributed by atoms with Crippen LogP contribution in [0.5, 0.6) is 0 Å². The number of carboxylic acids is 3. The van der Waals surface area contributed by atoms with Gasteiger partial charge in [-0.15, -0.1) is 23.2 Å². The van der Waals surface area contributed by atoms with Gasteiger partial charge in [0.1, 0.15) is 47.7 Å². The molecule has 8 rings (SSSR count). The molecule has 1 saturated heterocycles. The topological polar surface area (TPSA) is 349 Å². The molecule has 1 atom stereocenters. The monoisotopic (exact) mass is 1670 g/mol. The maximum absolute atomic E-state index is 13.2. The van der Waals surface area contributed by atoms with Crippen LogP contribution < -0.4 is 22.1 Å². The number of benzene rings is 7. The van der Waals surface area contributed by atoms with Gasteiger partial charge in [-0.25, -0.2) is 46.7 Å². The van der Waals surface area contributed by atoms with E-state index in [1.165, 1.54) is 0 Å². The maximum Gasteiger partial charge on any atom is 0.519 e. The van der Waals surface area contributed by atoms with E-state index < -0.39 is 298 Å². The summed E-state index contributed by atoms with van der Waals surface area (Å²) < 4.78 is 317. The smallest absolute Gasteiger partial charge is 0.478 e. The minimum absolute atomic E-state index is 0. The van der Waals surface area contributed by atoms with Gasteiger partial charge >= 0.3 is 48.6 Å². The second-order valence-electron chi connectivity index (χ2n) is 22.2. The van der Waals surface area contributed by atoms with Crippen molar-refractivity contribution in [2.45, 2.75) is 165 Å². The minimum Gasteiger partial charge on any atom is -0.478 e. The first-order valence-corrected chi connectivity index (χ1v) is 30.9. The van der Waals surface area contributed by atoms with E-state index >= 15 is 0 Å². The van der Waals surface area contributed by atoms with Crippen molar-refractivity contribution < 1.29 is 155 Å². The molecule has 0 spiro atoms. The third kappa shape index (κ3) is 63.9. The molecule has 7 aromatic rings. The zero-order chi connectivity index (χ0) is 108. The zero-order valence-electron chi connectivity index (χ0n) is 88.0. The quantitative estimate of drug-likeness (QED) is 0.0107. The fraction of sp³-hybridized carbons (Fsp3) is 0.351. The average Bonchev–Trinajstić information content (AvgIpc) is 1.13. The Morgan fingerprint density at radius 2 is 0.881 bits per heavy atom. The highest BCUT2D eigenvalue weighted by Gasteiger charge is 2.26. The molecule has 109 heavy (non-hydrogen) atoms. The van der Waals surface area contributed by atoms with Crippen molar-refractivity contribution in [3.05, 3.63) is 227 Å². The summed E-state index contributed by atoms with van der Waals surface area (Å²) in [6, 6.07) is -17.0. The first kappa shape index (κ1) is 63.0. The third-order valence-electron chi connectivity index (χ3n) is 8.72. The van der Waals surface area contributed by atoms with Crippen molar-refractivity contribution in [1.82, 2.24) is 0 Å². The van der Waals surface area contributed by atoms with E-state index in [1.807, 2.05) is 0 Å². The standard InChI is InChI=1S/C12H15NO4.C11H15NO2.C10H18O5.C7H6BrF.C7H5FO2.C7H7FO.C7H7NO2.C6H7N.C4H7BO.C2HF3O.CH2Cl2.3CH4/c1-12(2,3)17-11(16)13-9-7-5-4-6-8(9)10(14)15;1-11(2,3)14-10(13)12-9-7-5-4-6-8-9;1-9(2,3)14-7(11)13-8(12)15-10(4,5)6;8-5-6-3-1-2-4-7(6)9;8-6-4-2-1-3-5(6)7(9)10;8-7-4-2-1-3-6(7)5-9;8-6-4-2-1-3-5(6)7(9)10;7-6-4-2-1-3-5-6;5-4-2-1-3-6-4;3-2(4,5)1-6;2-1-3;;;/h4-7H,1-3H3,(H,13,16)(H,14,15);4-8H,1-3H3,(H,12,13);1-6H3;1-4H,5H2;1-4H,(H,9,10);1-4,9H,5H2;1-4H,8H2,(H,9,10);1-5H,7H2;4H,1-3H2;1H;1H2;3*1H4/i4D,5D,6D,7D;4D,5D,6D,7D,8D;;4*1D,2D,3D,4D;1D,2D,3D,4D,5D;;;;;;. The van der Waals surface area contributed by atoms with Gasteiger partial charge in [-0.3, -0.25) is 15.4 Å². The molecule has 2 amide bonds. The number of halogens is 9. The molecule has 7 aromatic carbocycles. The van der Waals surface area contributed by atoms with Crippen LogP contribution in [0.25, 0.3) is 0 Å². The van der Waals surface area contributed by atoms with Crippen molar-refractivity contribution in [2.24, 2.45) is 0 Å². The molecule has 1 heterocycles. The van der Waals surface area contributed by atoms with Crippen LogP contribution in [-0.4, -0.2) is 123 Å². The largest absolute Gasteiger partial charge is 0.519 e. The number of carbonyl (C=O) groups excluding carboxylic acids is 5. The number of anilines is 4. The number of aldehydes is 1. The molecule has 0 bridgehead atoms. The first-order valence-electron chi connectivity index (χ1n) is 43.7. The molecule has 604 valence electrons. The number of nitrogens with two attached hydrogens (primary N) is 2. The molecule has 0 aliphatic carbocycles. The van der Waals surface area contributed by atoms with E-state index in [-0.39, 0.29) is 74.0 Å². The average molecular weight is 1680 g/mol. The lowest BCUT2D eigenvalue weighted by Crippen LogP contribution is -2.29. The number of rotatable bonds is 7. The van der Waals surface area contributed by atoms with Gasteiger partial charge in [-0.2, -0.15) is 13.2 Å². The Labute approximate surface area is 696 Å². The van der Waals surface area contributed by atoms with Crippen molar-refractivity contribution in [2.75, 3.05) is 34.0 Å². The van der Waals surface area contributed by atoms with Crippen LogP contribution in [0.1, 0.15) is 202 Å². The van der Waals surface area contributed by atoms with Crippen molar-refractivity contribution in [3.63, 3.8) is 0 Å². The molecule has 22 nitrogen and oxygen atoms in total. The Balaban J connectivity index is -0.000000356. The van der Waals surface area contributed by atoms with E-state index in [4.69, 9.17) is 133 Å². The van der Waals surface area contributed by atoms with Gasteiger partial charge in [0.15, 0.2) is 0 Å². The second-order valence-corrected chi connectivity index (χ2v) is 23.5. The van der Waals surface area contributed by atoms with Crippen molar-refractivity contribution in [1.29, 1.82) is 0 Å². The fourth-order valence-corrected chi connectivity index (χ4v) is 5.33. The minimum atomic E-state index is -4.64. The number of ether oxygens (including phenoxy) is 6. The molecule has 1 fully saturated rings. The molecular formula is C77H102BBrCl2F6N4O18. The zero-order valence-corrected chi connectivity index (χ0v) is 61.1. The maximum atomic E-state index is 13.2. The van der Waals surface area contributed by atoms with Crippen LogP contribution in [0.3, 0.4) is 0 Å². The van der Waals surface area contributed by atoms with Crippen LogP contribution in [0.4, 0.5) is 68.3 Å². The number of aromatic carboxylic acids is 3. The SMILES string of the molecule is C.C.C.CC(C)(C)OC(=O)OC(=O)OC(C)(C)C.ClCCl.O=CC(F)(F)F.[2H]c1c([2H])c([2H])c(C(=O)O)c(F)c1[2H].[2H]c1c([2H])c([2H])c(C(=O)O)c(N)c1[2H].[2H]c1c([2H])c([2H])c(C(=O)O)c(NC(=O)OC(C)(C)C)c1[2H].[2H]c1c([2H])c([2H])c(CBr)c(F)c1[2H].[2H]c1c([2H])c([2H])c(CO)c(F)c1[2H].[2H]c1c([2H])c([2H])c(N)c([2H])c1[2H].[2H]c1c([2H])c([2H])c(NC(=O)OC(C)(C)C)c([2H])c1[2H].[B]C1CCCO1. The number of carbonyl (C=O) groups is 8. The summed E-state index contributed by atoms with van der Waals surface area (Å²) in [5, 5.41) is 39.4. The molecule has 0 saturated carbocycles. The van der Waals surface area contributed by atoms with Gasteiger partial charge in [-0.1, -0.05) is 147 Å². The summed E-state index contributed by atoms with van der Waals surface area (Å²) in [7, 11) is 5.31. The number of hydrogen-bond acceptors (Lipinski definition) is 17. The molecule has 32 heteroatoms. The lowest BCUT2D eigenvalue weighted by atomic mass is 9.98. The number of nitrogens with one attached hydrogen (secondary N) is 2. The van der Waals surface area contributed by atoms with Crippen LogP contribution >= 0.6 is 39.1 Å². The number of hydrogen-bond donors (Lipinski definition) is 8. The highest BCUT2D eigenvalue weighted by atomic mass is 79.9. The van der Waals surface area contributed by atoms with Gasteiger partial charge < -0.3 is 60.3 Å². The summed E-state index contributed by atoms with van der Waals surface area (Å²) in [6.45, 7) is 19.9. The molecule has 1 aliphatic heterocycles. The Morgan fingerprint density at radius 3 is 1.25 bits per heavy atom. The predicted molar refractivity (Wildman–Crippen MR) is 420 cm³/mol. The predicted octanol–water partition coefficient (Wildman–Crippen LogP) is 20.8. The second kappa shape index (κ2) is 59.1. The Morgan fingerprint density at radius 1 is 0.541 bits per heavy atom. The number of aliphatic hydroxyl groups is 1. The van der Waals surface area contributed by atoms with Crippen LogP contribution in [0, 0.1) is 17.5 Å². The van der Waals surface area contributed by atoms with Gasteiger partial charge in [0, 0.05) is 40.6 Å². The van der Waals surface area contributed by atoms with Gasteiger partial charge in [0.05, 0.1) is 75.4 Å². The Hall–Kier alpha value is -9.88. The molecule has 2 radical (unpaired) electrons. The molecule has 1 unspecified atom stereocenters. The normalized spacial score (nSPS) is 15.0. The molecule has 10 N–H and O–H groups in total. The van der Waals surface area contributed by atoms with Crippen LogP contribution in [-0.2, 0) is 45.2 Å². The summed E-state index contributed by atoms with van der Waals surface area (Å²) in [4.78, 5) is 86.3. The molecule has 1 aliphatic rings. The highest BCUT2D eigenvalue weighted by Crippen LogP contribution is 2.19. The van der Waals surface area contributed by atoms with Gasteiger partial charge in [-0.05, 0) is 174 Å². The van der Waals surface area contributed by atoms with Gasteiger partial charge in [0.2, 0.25) is 6.29 Å². The van der Waals surface area contributed by atoms with Crippen LogP contribution in [0.2, 0.25) is 0 Å². The third-order valence-corrected chi connectivity index (χ3v) is 9.28. The summed E-state index contributed by atoms with van der Waals surface area (Å²) >= 11 is 12.5. The van der Waals surface area contributed by atoms with E-state index in [2.05, 4.69) is 31.3 Å². The Bertz CT molecular complexity index is 5070. The number of alkyl halides is 6. The van der Waals surface area contributed by atoms with E-state index in [1.54, 1.807) is 83.1 Å². The summed E-state index contributed by atoms with van der Waals surface area (Å²) in [5.74, 6) is -8.17. The summed E-state index contributed by atoms with van der Waals surface area (Å²) in [6.07, 6.45) is -7.51. The molecule has 0 aromatic heterocycles.